The fourth-order valence-electron chi connectivity index (χ4n) is 2.90. The highest BCUT2D eigenvalue weighted by Crippen LogP contribution is 2.28. The summed E-state index contributed by atoms with van der Waals surface area (Å²) in [4.78, 5) is 61.4. The molecule has 0 fully saturated rings. The van der Waals surface area contributed by atoms with Crippen LogP contribution < -0.4 is 10.1 Å². The van der Waals surface area contributed by atoms with Gasteiger partial charge in [0, 0.05) is 61.2 Å². The van der Waals surface area contributed by atoms with E-state index < -0.39 is 34.1 Å². The van der Waals surface area contributed by atoms with Gasteiger partial charge >= 0.3 is 23.9 Å². The second-order valence-electron chi connectivity index (χ2n) is 7.78. The lowest BCUT2D eigenvalue weighted by Crippen LogP contribution is -2.31. The number of benzene rings is 1. The Morgan fingerprint density at radius 1 is 0.830 bits per heavy atom. The van der Waals surface area contributed by atoms with E-state index in [1.165, 1.54) is 0 Å². The maximum absolute atomic E-state index is 9.55. The first-order chi connectivity index (χ1) is 22.0. The molecule has 0 spiro atoms. The van der Waals surface area contributed by atoms with Crippen LogP contribution in [0.5, 0.6) is 5.75 Å². The van der Waals surface area contributed by atoms with Crippen LogP contribution in [-0.4, -0.2) is 131 Å². The van der Waals surface area contributed by atoms with Crippen LogP contribution in [0.1, 0.15) is 6.42 Å². The van der Waals surface area contributed by atoms with Crippen LogP contribution in [0.4, 0.5) is 5.69 Å². The number of aromatic nitrogens is 1. The number of fused-ring (bicyclic) bond motifs is 1. The summed E-state index contributed by atoms with van der Waals surface area (Å²) in [5.74, 6) is -4.26. The van der Waals surface area contributed by atoms with Crippen molar-refractivity contribution in [3.05, 3.63) is 75.0 Å². The lowest BCUT2D eigenvalue weighted by molar-refractivity contribution is -0.742. The van der Waals surface area contributed by atoms with E-state index in [0.29, 0.717) is 37.4 Å². The highest BCUT2D eigenvalue weighted by Gasteiger charge is 2.07. The van der Waals surface area contributed by atoms with Gasteiger partial charge in [-0.05, 0) is 25.1 Å². The SMILES string of the molecule is COc1cccc2c(NCCCN(CCO)CCO)ccnc12.O=C(O)/C=C/C(=O)O.O=C(O)/C=C/C(=O)O.O=[N+]([O-])O.O=[N+]([O-])O. The number of aliphatic carboxylic acids is 4. The zero-order valence-electron chi connectivity index (χ0n) is 24.7. The average Bonchev–Trinajstić information content (AvgIpc) is 2.97. The summed E-state index contributed by atoms with van der Waals surface area (Å²) >= 11 is 0. The van der Waals surface area contributed by atoms with E-state index in [2.05, 4.69) is 15.2 Å². The number of anilines is 1. The molecule has 0 aliphatic rings. The van der Waals surface area contributed by atoms with Gasteiger partial charge in [0.15, 0.2) is 0 Å². The van der Waals surface area contributed by atoms with E-state index in [1.54, 1.807) is 13.3 Å². The third-order valence-corrected chi connectivity index (χ3v) is 4.49. The summed E-state index contributed by atoms with van der Waals surface area (Å²) in [7, 11) is 1.65. The first kappa shape index (κ1) is 45.3. The molecule has 22 heteroatoms. The molecule has 1 aromatic heterocycles. The van der Waals surface area contributed by atoms with E-state index in [0.717, 1.165) is 41.9 Å². The van der Waals surface area contributed by atoms with Gasteiger partial charge in [0.2, 0.25) is 0 Å². The van der Waals surface area contributed by atoms with Gasteiger partial charge in [0.05, 0.1) is 20.3 Å². The lowest BCUT2D eigenvalue weighted by atomic mass is 10.1. The fraction of sp³-hybridized carbons (Fsp3) is 0.320. The Hall–Kier alpha value is -6.13. The van der Waals surface area contributed by atoms with Gasteiger partial charge in [-0.1, -0.05) is 12.1 Å². The number of nitrogens with one attached hydrogen (secondary N) is 1. The van der Waals surface area contributed by atoms with Crippen LogP contribution in [0.2, 0.25) is 0 Å². The highest BCUT2D eigenvalue weighted by molar-refractivity contribution is 5.94. The number of aliphatic hydroxyl groups is 2. The molecule has 22 nitrogen and oxygen atoms in total. The molecule has 0 unspecified atom stereocenters. The Balaban J connectivity index is -0.000000659. The first-order valence-corrected chi connectivity index (χ1v) is 12.6. The molecule has 1 aromatic carbocycles. The minimum absolute atomic E-state index is 0.113. The standard InChI is InChI=1S/C17H25N3O3.2C4H4O4.2HNO3/c1-23-16-5-2-4-14-15(6-8-19-17(14)16)18-7-3-9-20(10-12-21)11-13-22;2*5-3(6)1-2-4(7)8;2*2-1(3)4/h2,4-6,8,21-22H,3,7,9-13H2,1H3,(H,18,19);2*1-2H,(H,5,6)(H,7,8);2*(H,2,3,4)/b;2*2-1+;;. The normalized spacial score (nSPS) is 9.70. The molecule has 262 valence electrons. The van der Waals surface area contributed by atoms with Crippen molar-refractivity contribution in [2.24, 2.45) is 0 Å². The summed E-state index contributed by atoms with van der Waals surface area (Å²) in [5, 5.41) is 81.0. The molecule has 9 N–H and O–H groups in total. The van der Waals surface area contributed by atoms with E-state index in [1.807, 2.05) is 24.3 Å². The number of carbonyl (C=O) groups is 4. The van der Waals surface area contributed by atoms with E-state index in [4.69, 9.17) is 66.0 Å². The van der Waals surface area contributed by atoms with Gasteiger partial charge in [-0.15, -0.1) is 20.2 Å². The number of carboxylic acids is 4. The van der Waals surface area contributed by atoms with Crippen molar-refractivity contribution in [3.63, 3.8) is 0 Å². The number of hydrogen-bond acceptors (Lipinski definition) is 14. The predicted octanol–water partition coefficient (Wildman–Crippen LogP) is 0.0602. The summed E-state index contributed by atoms with van der Waals surface area (Å²) < 4.78 is 5.35. The number of aliphatic hydroxyl groups excluding tert-OH is 2. The molecule has 2 aromatic rings. The molecule has 0 bridgehead atoms. The minimum atomic E-state index is -1.50. The van der Waals surface area contributed by atoms with Gasteiger partial charge in [-0.3, -0.25) is 9.88 Å². The number of para-hydroxylation sites is 1. The lowest BCUT2D eigenvalue weighted by Gasteiger charge is -2.20. The molecule has 0 amide bonds. The van der Waals surface area contributed by atoms with Crippen LogP contribution in [0, 0.1) is 20.2 Å². The quantitative estimate of drug-likeness (QED) is 0.0552. The Labute approximate surface area is 264 Å². The summed E-state index contributed by atoms with van der Waals surface area (Å²) in [6, 6.07) is 7.84. The molecule has 0 aliphatic carbocycles. The average molecular weight is 678 g/mol. The number of hydrogen-bond donors (Lipinski definition) is 9. The molecular formula is C25H35N5O17. The van der Waals surface area contributed by atoms with E-state index in [-0.39, 0.29) is 13.2 Å². The van der Waals surface area contributed by atoms with Gasteiger partial charge in [0.25, 0.3) is 10.2 Å². The molecule has 0 radical (unpaired) electrons. The molecule has 1 heterocycles. The van der Waals surface area contributed by atoms with Crippen molar-refractivity contribution in [2.45, 2.75) is 6.42 Å². The Bertz CT molecular complexity index is 1230. The van der Waals surface area contributed by atoms with Crippen LogP contribution in [-0.2, 0) is 19.2 Å². The molecule has 47 heavy (non-hydrogen) atoms. The number of pyridine rings is 1. The predicted molar refractivity (Wildman–Crippen MR) is 158 cm³/mol. The van der Waals surface area contributed by atoms with Gasteiger partial charge in [0.1, 0.15) is 11.3 Å². The minimum Gasteiger partial charge on any atom is -0.494 e. The van der Waals surface area contributed by atoms with Crippen molar-refractivity contribution < 1.29 is 75.1 Å². The molecule has 2 rings (SSSR count). The second-order valence-corrected chi connectivity index (χ2v) is 7.78. The molecule has 0 saturated carbocycles. The summed E-state index contributed by atoms with van der Waals surface area (Å²) in [6.07, 6.45) is 4.93. The third kappa shape index (κ3) is 31.1. The van der Waals surface area contributed by atoms with Crippen molar-refractivity contribution in [3.8, 4) is 5.75 Å². The third-order valence-electron chi connectivity index (χ3n) is 4.49. The molecule has 0 saturated heterocycles. The van der Waals surface area contributed by atoms with Crippen molar-refractivity contribution in [1.82, 2.24) is 9.88 Å². The van der Waals surface area contributed by atoms with Crippen molar-refractivity contribution in [2.75, 3.05) is 51.8 Å². The topological polar surface area (TPSA) is 354 Å². The number of rotatable bonds is 14. The maximum Gasteiger partial charge on any atom is 0.328 e. The summed E-state index contributed by atoms with van der Waals surface area (Å²) in [5.41, 5.74) is 1.88. The number of ether oxygens (including phenoxy) is 1. The van der Waals surface area contributed by atoms with Crippen LogP contribution >= 0.6 is 0 Å². The van der Waals surface area contributed by atoms with E-state index >= 15 is 0 Å². The largest absolute Gasteiger partial charge is 0.494 e. The molecule has 0 aliphatic heterocycles. The highest BCUT2D eigenvalue weighted by atomic mass is 16.9. The second kappa shape index (κ2) is 28.6. The van der Waals surface area contributed by atoms with Crippen LogP contribution in [0.15, 0.2) is 54.8 Å². The maximum atomic E-state index is 9.55. The van der Waals surface area contributed by atoms with Crippen molar-refractivity contribution in [1.29, 1.82) is 0 Å². The monoisotopic (exact) mass is 677 g/mol. The molecular weight excluding hydrogens is 642 g/mol. The molecule has 0 atom stereocenters. The van der Waals surface area contributed by atoms with Crippen LogP contribution in [0.3, 0.4) is 0 Å². The van der Waals surface area contributed by atoms with E-state index in [9.17, 15) is 19.2 Å². The number of nitrogens with zero attached hydrogens (tertiary/aromatic N) is 4. The Morgan fingerprint density at radius 2 is 1.26 bits per heavy atom. The first-order valence-electron chi connectivity index (χ1n) is 12.6. The zero-order valence-corrected chi connectivity index (χ0v) is 24.7. The smallest absolute Gasteiger partial charge is 0.328 e. The number of methoxy groups -OCH3 is 1. The van der Waals surface area contributed by atoms with Crippen molar-refractivity contribution >= 4 is 40.5 Å². The fourth-order valence-corrected chi connectivity index (χ4v) is 2.90. The zero-order chi connectivity index (χ0) is 36.8. The Morgan fingerprint density at radius 3 is 1.62 bits per heavy atom. The van der Waals surface area contributed by atoms with Gasteiger partial charge in [-0.25, -0.2) is 19.2 Å². The summed E-state index contributed by atoms with van der Waals surface area (Å²) in [6.45, 7) is 3.06. The van der Waals surface area contributed by atoms with Gasteiger partial charge in [-0.2, -0.15) is 0 Å². The van der Waals surface area contributed by atoms with Gasteiger partial charge < -0.3 is 51.1 Å². The Kier molecular flexibility index (Phi) is 27.6. The number of carboxylic acid groups (broad SMARTS) is 4. The van der Waals surface area contributed by atoms with Crippen LogP contribution in [0.25, 0.3) is 10.9 Å².